The lowest BCUT2D eigenvalue weighted by Gasteiger charge is -2.41. The molecule has 7 N–H and O–H groups in total. The molecule has 1 unspecified atom stereocenters. The largest absolute Gasteiger partial charge is 0.507 e. The van der Waals surface area contributed by atoms with Crippen LogP contribution in [-0.4, -0.2) is 80.6 Å². The highest BCUT2D eigenvalue weighted by Gasteiger charge is 2.37. The number of benzene rings is 1. The van der Waals surface area contributed by atoms with E-state index in [0.717, 1.165) is 0 Å². The molecular weight excluding hydrogens is 359 g/mol. The van der Waals surface area contributed by atoms with Crippen LogP contribution in [0.3, 0.4) is 0 Å². The van der Waals surface area contributed by atoms with Crippen LogP contribution < -0.4 is 10.5 Å². The van der Waals surface area contributed by atoms with Gasteiger partial charge in [0.15, 0.2) is 0 Å². The van der Waals surface area contributed by atoms with E-state index in [0.29, 0.717) is 13.1 Å². The number of nitrogens with zero attached hydrogens (tertiary/aromatic N) is 1. The van der Waals surface area contributed by atoms with Crippen molar-refractivity contribution in [1.29, 1.82) is 0 Å². The van der Waals surface area contributed by atoms with E-state index in [1.807, 2.05) is 0 Å². The van der Waals surface area contributed by atoms with Gasteiger partial charge < -0.3 is 35.8 Å². The molecule has 2 rings (SSSR count). The van der Waals surface area contributed by atoms with Crippen LogP contribution in [0.5, 0.6) is 11.5 Å². The van der Waals surface area contributed by atoms with E-state index in [1.54, 1.807) is 4.90 Å². The number of carbonyl (C=O) groups is 2. The van der Waals surface area contributed by atoms with E-state index >= 15 is 0 Å². The average Bonchev–Trinajstić information content (AvgIpc) is 2.51. The van der Waals surface area contributed by atoms with Gasteiger partial charge in [0, 0.05) is 19.6 Å². The number of aryl methyl sites for hydroxylation is 1. The van der Waals surface area contributed by atoms with Crippen molar-refractivity contribution in [3.05, 3.63) is 23.3 Å². The maximum atomic E-state index is 11.5. The van der Waals surface area contributed by atoms with Gasteiger partial charge in [-0.15, -0.1) is 0 Å². The molecule has 0 bridgehead atoms. The first kappa shape index (κ1) is 21.0. The van der Waals surface area contributed by atoms with E-state index < -0.39 is 35.9 Å². The molecule has 1 aromatic carbocycles. The van der Waals surface area contributed by atoms with Gasteiger partial charge in [-0.2, -0.15) is 0 Å². The maximum absolute atomic E-state index is 11.5. The number of aromatic carboxylic acids is 1. The predicted octanol–water partition coefficient (Wildman–Crippen LogP) is -1.03. The molecule has 1 fully saturated rings. The summed E-state index contributed by atoms with van der Waals surface area (Å²) >= 11 is 0. The summed E-state index contributed by atoms with van der Waals surface area (Å²) in [6.07, 6.45) is -0.325. The third kappa shape index (κ3) is 5.10. The minimum Gasteiger partial charge on any atom is -0.507 e. The number of carboxylic acid groups (broad SMARTS) is 2. The Kier molecular flexibility index (Phi) is 6.32. The van der Waals surface area contributed by atoms with Crippen molar-refractivity contribution >= 4 is 19.1 Å². The molecule has 0 amide bonds. The summed E-state index contributed by atoms with van der Waals surface area (Å²) in [5.41, 5.74) is 4.17. The monoisotopic (exact) mass is 382 g/mol. The Hall–Kier alpha value is -2.34. The Morgan fingerprint density at radius 3 is 2.48 bits per heavy atom. The molecule has 0 spiro atoms. The number of likely N-dealkylation sites (tertiary alicyclic amines) is 1. The highest BCUT2D eigenvalue weighted by Crippen LogP contribution is 2.34. The van der Waals surface area contributed by atoms with Crippen LogP contribution in [0.2, 0.25) is 6.32 Å². The molecular formula is C16H23BN2O8. The number of ether oxygens (including phenoxy) is 1. The summed E-state index contributed by atoms with van der Waals surface area (Å²) in [5, 5.41) is 46.5. The van der Waals surface area contributed by atoms with Crippen molar-refractivity contribution in [3.8, 4) is 11.5 Å². The Balaban J connectivity index is 2.04. The topological polar surface area (TPSA) is 174 Å². The van der Waals surface area contributed by atoms with Gasteiger partial charge in [0.25, 0.3) is 0 Å². The van der Waals surface area contributed by atoms with Gasteiger partial charge in [0.2, 0.25) is 0 Å². The fourth-order valence-electron chi connectivity index (χ4n) is 2.84. The first-order valence-electron chi connectivity index (χ1n) is 8.37. The van der Waals surface area contributed by atoms with Gasteiger partial charge in [-0.1, -0.05) is 6.07 Å². The van der Waals surface area contributed by atoms with Gasteiger partial charge >= 0.3 is 19.1 Å². The zero-order valence-electron chi connectivity index (χ0n) is 14.8. The normalized spacial score (nSPS) is 17.0. The van der Waals surface area contributed by atoms with Crippen molar-refractivity contribution in [2.45, 2.75) is 31.3 Å². The van der Waals surface area contributed by atoms with Crippen LogP contribution in [0.15, 0.2) is 12.1 Å². The lowest BCUT2D eigenvalue weighted by atomic mass is 9.82. The van der Waals surface area contributed by atoms with Gasteiger partial charge in [0.05, 0.1) is 0 Å². The summed E-state index contributed by atoms with van der Waals surface area (Å²) in [5.74, 6) is -2.97. The molecule has 10 nitrogen and oxygen atoms in total. The van der Waals surface area contributed by atoms with E-state index in [-0.39, 0.29) is 36.7 Å². The number of hydrogen-bond acceptors (Lipinski definition) is 8. The molecule has 148 valence electrons. The third-order valence-electron chi connectivity index (χ3n) is 4.37. The van der Waals surface area contributed by atoms with Crippen LogP contribution in [-0.2, 0) is 11.2 Å². The number of carboxylic acids is 2. The van der Waals surface area contributed by atoms with Crippen molar-refractivity contribution in [1.82, 2.24) is 4.90 Å². The highest BCUT2D eigenvalue weighted by molar-refractivity contribution is 6.41. The molecule has 0 saturated carbocycles. The second-order valence-corrected chi connectivity index (χ2v) is 6.93. The molecule has 1 aromatic rings. The van der Waals surface area contributed by atoms with E-state index in [9.17, 15) is 19.8 Å². The van der Waals surface area contributed by atoms with Crippen molar-refractivity contribution in [2.75, 3.05) is 19.6 Å². The molecule has 0 aliphatic carbocycles. The smallest absolute Gasteiger partial charge is 0.451 e. The number of hydrogen-bond donors (Lipinski definition) is 6. The lowest BCUT2D eigenvalue weighted by molar-refractivity contribution is -0.144. The number of phenols is 1. The van der Waals surface area contributed by atoms with Gasteiger partial charge in [0.1, 0.15) is 28.7 Å². The van der Waals surface area contributed by atoms with Crippen LogP contribution in [0.4, 0.5) is 0 Å². The SMILES string of the molecule is CC(N)(CN1CC(Oc2ccc(CCB(O)O)c(O)c2C(=O)O)C1)C(=O)O. The van der Waals surface area contributed by atoms with Crippen LogP contribution >= 0.6 is 0 Å². The summed E-state index contributed by atoms with van der Waals surface area (Å²) in [4.78, 5) is 24.3. The van der Waals surface area contributed by atoms with Gasteiger partial charge in [-0.05, 0) is 31.3 Å². The van der Waals surface area contributed by atoms with Crippen molar-refractivity contribution in [3.63, 3.8) is 0 Å². The Bertz CT molecular complexity index is 719. The Labute approximate surface area is 155 Å². The molecule has 1 aliphatic rings. The molecule has 27 heavy (non-hydrogen) atoms. The standard InChI is InChI=1S/C16H23BN2O8/c1-16(18,15(23)24)8-19-6-10(7-19)27-11-3-2-9(4-5-17(25)26)13(20)12(11)14(21)22/h2-3,10,20,25-26H,4-8,18H2,1H3,(H,21,22)(H,23,24). The van der Waals surface area contributed by atoms with Crippen LogP contribution in [0, 0.1) is 0 Å². The fraction of sp³-hybridized carbons (Fsp3) is 0.500. The minimum absolute atomic E-state index is 0.00769. The second kappa shape index (κ2) is 8.13. The quantitative estimate of drug-likeness (QED) is 0.290. The molecule has 0 aromatic heterocycles. The second-order valence-electron chi connectivity index (χ2n) is 6.93. The Morgan fingerprint density at radius 1 is 1.33 bits per heavy atom. The highest BCUT2D eigenvalue weighted by atomic mass is 16.5. The van der Waals surface area contributed by atoms with Gasteiger partial charge in [-0.3, -0.25) is 9.69 Å². The average molecular weight is 382 g/mol. The number of aliphatic carboxylic acids is 1. The summed E-state index contributed by atoms with van der Waals surface area (Å²) in [6, 6.07) is 2.88. The van der Waals surface area contributed by atoms with E-state index in [1.165, 1.54) is 19.1 Å². The zero-order chi connectivity index (χ0) is 20.4. The number of nitrogens with two attached hydrogens (primary N) is 1. The third-order valence-corrected chi connectivity index (χ3v) is 4.37. The molecule has 1 saturated heterocycles. The fourth-order valence-corrected chi connectivity index (χ4v) is 2.84. The zero-order valence-corrected chi connectivity index (χ0v) is 14.8. The van der Waals surface area contributed by atoms with E-state index in [2.05, 4.69) is 0 Å². The molecule has 0 radical (unpaired) electrons. The number of aromatic hydroxyl groups is 1. The first-order chi connectivity index (χ1) is 12.5. The lowest BCUT2D eigenvalue weighted by Crippen LogP contribution is -2.62. The van der Waals surface area contributed by atoms with Crippen LogP contribution in [0.1, 0.15) is 22.8 Å². The maximum Gasteiger partial charge on any atom is 0.451 e. The molecule has 1 aliphatic heterocycles. The minimum atomic E-state index is -1.56. The summed E-state index contributed by atoms with van der Waals surface area (Å²) in [7, 11) is -1.56. The van der Waals surface area contributed by atoms with Crippen molar-refractivity contribution in [2.24, 2.45) is 5.73 Å². The summed E-state index contributed by atoms with van der Waals surface area (Å²) < 4.78 is 5.64. The van der Waals surface area contributed by atoms with Crippen LogP contribution in [0.25, 0.3) is 0 Å². The Morgan fingerprint density at radius 2 is 1.96 bits per heavy atom. The first-order valence-corrected chi connectivity index (χ1v) is 8.37. The molecule has 1 heterocycles. The number of rotatable bonds is 9. The van der Waals surface area contributed by atoms with Gasteiger partial charge in [-0.25, -0.2) is 4.79 Å². The predicted molar refractivity (Wildman–Crippen MR) is 94.9 cm³/mol. The van der Waals surface area contributed by atoms with Crippen molar-refractivity contribution < 1.29 is 39.7 Å². The molecule has 1 atom stereocenters. The molecule has 11 heteroatoms. The summed E-state index contributed by atoms with van der Waals surface area (Å²) in [6.45, 7) is 2.28. The van der Waals surface area contributed by atoms with E-state index in [4.69, 9.17) is 25.6 Å².